The molecule has 2 heterocycles. The molecule has 0 saturated carbocycles. The van der Waals surface area contributed by atoms with Crippen molar-refractivity contribution >= 4 is 34.9 Å². The summed E-state index contributed by atoms with van der Waals surface area (Å²) in [6, 6.07) is 5.74. The van der Waals surface area contributed by atoms with Gasteiger partial charge in [0.2, 0.25) is 0 Å². The molecule has 1 aromatic carbocycles. The van der Waals surface area contributed by atoms with Gasteiger partial charge in [-0.25, -0.2) is 0 Å². The molecule has 98 valence electrons. The van der Waals surface area contributed by atoms with E-state index in [4.69, 9.17) is 23.8 Å². The molecule has 2 aromatic heterocycles. The van der Waals surface area contributed by atoms with Crippen LogP contribution >= 0.6 is 23.8 Å². The number of benzene rings is 1. The zero-order valence-electron chi connectivity index (χ0n) is 10.3. The average molecular weight is 294 g/mol. The number of halogens is 1. The van der Waals surface area contributed by atoms with E-state index < -0.39 is 0 Å². The summed E-state index contributed by atoms with van der Waals surface area (Å²) < 4.78 is 4.58. The first-order valence-electron chi connectivity index (χ1n) is 5.86. The number of aromatic amines is 1. The van der Waals surface area contributed by atoms with Gasteiger partial charge in [0, 0.05) is 20.0 Å². The van der Waals surface area contributed by atoms with E-state index in [1.807, 2.05) is 34.4 Å². The quantitative estimate of drug-likeness (QED) is 0.756. The van der Waals surface area contributed by atoms with Crippen molar-refractivity contribution in [2.24, 2.45) is 7.05 Å². The molecule has 0 unspecified atom stereocenters. The Labute approximate surface area is 119 Å². The third-order valence-electron chi connectivity index (χ3n) is 3.11. The summed E-state index contributed by atoms with van der Waals surface area (Å²) in [4.78, 5) is 3.16. The summed E-state index contributed by atoms with van der Waals surface area (Å²) in [6.07, 6.45) is 2.44. The van der Waals surface area contributed by atoms with Crippen LogP contribution in [0.1, 0.15) is 5.82 Å². The summed E-state index contributed by atoms with van der Waals surface area (Å²) >= 11 is 11.6. The lowest BCUT2D eigenvalue weighted by Gasteiger charge is -2.05. The number of nitrogens with one attached hydrogen (secondary N) is 1. The molecule has 0 amide bonds. The molecule has 5 nitrogen and oxygen atoms in total. The molecule has 0 bridgehead atoms. The molecule has 0 saturated heterocycles. The average Bonchev–Trinajstić information content (AvgIpc) is 2.91. The number of hydrogen-bond acceptors (Lipinski definition) is 3. The van der Waals surface area contributed by atoms with Crippen molar-refractivity contribution in [3.05, 3.63) is 40.1 Å². The number of rotatable bonds is 3. The summed E-state index contributed by atoms with van der Waals surface area (Å²) in [6.45, 7) is 0.717. The predicted molar refractivity (Wildman–Crippen MR) is 76.8 cm³/mol. The molecule has 3 aromatic rings. The maximum Gasteiger partial charge on any atom is 0.178 e. The van der Waals surface area contributed by atoms with Crippen LogP contribution in [-0.4, -0.2) is 24.3 Å². The molecular weight excluding hydrogens is 282 g/mol. The Balaban J connectivity index is 1.99. The molecule has 19 heavy (non-hydrogen) atoms. The summed E-state index contributed by atoms with van der Waals surface area (Å²) in [5, 5.41) is 8.63. The lowest BCUT2D eigenvalue weighted by molar-refractivity contribution is 0.656. The van der Waals surface area contributed by atoms with Crippen molar-refractivity contribution in [2.75, 3.05) is 0 Å². The standard InChI is InChI=1S/C12H12ClN5S/c1-17-7-14-16-10(17)5-6-18-11-8(13)3-2-4-9(11)15-12(18)19/h2-4,7H,5-6H2,1H3,(H,15,19). The van der Waals surface area contributed by atoms with E-state index in [1.54, 1.807) is 6.33 Å². The Morgan fingerprint density at radius 2 is 2.26 bits per heavy atom. The first-order chi connectivity index (χ1) is 9.16. The summed E-state index contributed by atoms with van der Waals surface area (Å²) in [5.41, 5.74) is 1.90. The Bertz CT molecular complexity index is 785. The van der Waals surface area contributed by atoms with Gasteiger partial charge in [-0.2, -0.15) is 0 Å². The van der Waals surface area contributed by atoms with Gasteiger partial charge in [0.25, 0.3) is 0 Å². The van der Waals surface area contributed by atoms with E-state index in [0.717, 1.165) is 29.8 Å². The Kier molecular flexibility index (Phi) is 3.12. The highest BCUT2D eigenvalue weighted by Gasteiger charge is 2.09. The zero-order chi connectivity index (χ0) is 13.4. The Hall–Kier alpha value is -1.66. The van der Waals surface area contributed by atoms with Crippen LogP contribution in [0.5, 0.6) is 0 Å². The van der Waals surface area contributed by atoms with E-state index in [2.05, 4.69) is 15.2 Å². The van der Waals surface area contributed by atoms with Crippen LogP contribution in [0.2, 0.25) is 5.02 Å². The highest BCUT2D eigenvalue weighted by molar-refractivity contribution is 7.71. The van der Waals surface area contributed by atoms with Gasteiger partial charge in [0.1, 0.15) is 12.2 Å². The van der Waals surface area contributed by atoms with Crippen LogP contribution in [0.25, 0.3) is 11.0 Å². The number of aromatic nitrogens is 5. The third-order valence-corrected chi connectivity index (χ3v) is 3.74. The van der Waals surface area contributed by atoms with Gasteiger partial charge < -0.3 is 14.1 Å². The predicted octanol–water partition coefficient (Wildman–Crippen LogP) is 2.72. The van der Waals surface area contributed by atoms with Crippen LogP contribution in [-0.2, 0) is 20.0 Å². The molecule has 0 aliphatic rings. The lowest BCUT2D eigenvalue weighted by atomic mass is 10.3. The zero-order valence-corrected chi connectivity index (χ0v) is 11.9. The fraction of sp³-hybridized carbons (Fsp3) is 0.250. The van der Waals surface area contributed by atoms with Crippen LogP contribution in [0, 0.1) is 4.77 Å². The van der Waals surface area contributed by atoms with Crippen molar-refractivity contribution in [3.63, 3.8) is 0 Å². The minimum Gasteiger partial charge on any atom is -0.331 e. The van der Waals surface area contributed by atoms with E-state index in [1.165, 1.54) is 0 Å². The molecule has 0 spiro atoms. The van der Waals surface area contributed by atoms with Crippen molar-refractivity contribution in [1.29, 1.82) is 0 Å². The third kappa shape index (κ3) is 2.17. The number of H-pyrrole nitrogens is 1. The van der Waals surface area contributed by atoms with Gasteiger partial charge in [-0.15, -0.1) is 10.2 Å². The van der Waals surface area contributed by atoms with Gasteiger partial charge >= 0.3 is 0 Å². The summed E-state index contributed by atoms with van der Waals surface area (Å²) in [7, 11) is 1.93. The maximum atomic E-state index is 6.25. The van der Waals surface area contributed by atoms with Crippen LogP contribution in [0.15, 0.2) is 24.5 Å². The second-order valence-electron chi connectivity index (χ2n) is 4.33. The fourth-order valence-corrected chi connectivity index (χ4v) is 2.70. The number of nitrogens with zero attached hydrogens (tertiary/aromatic N) is 4. The second-order valence-corrected chi connectivity index (χ2v) is 5.12. The number of hydrogen-bond donors (Lipinski definition) is 1. The van der Waals surface area contributed by atoms with Gasteiger partial charge in [-0.05, 0) is 24.4 Å². The topological polar surface area (TPSA) is 51.4 Å². The van der Waals surface area contributed by atoms with Crippen molar-refractivity contribution in [2.45, 2.75) is 13.0 Å². The van der Waals surface area contributed by atoms with Crippen LogP contribution in [0.4, 0.5) is 0 Å². The minimum atomic E-state index is 0.672. The van der Waals surface area contributed by atoms with Gasteiger partial charge in [0.15, 0.2) is 4.77 Å². The number of aryl methyl sites for hydroxylation is 3. The lowest BCUT2D eigenvalue weighted by Crippen LogP contribution is -2.06. The van der Waals surface area contributed by atoms with E-state index >= 15 is 0 Å². The highest BCUT2D eigenvalue weighted by Crippen LogP contribution is 2.23. The largest absolute Gasteiger partial charge is 0.331 e. The molecule has 0 fully saturated rings. The number of fused-ring (bicyclic) bond motifs is 1. The van der Waals surface area contributed by atoms with E-state index in [0.29, 0.717) is 9.79 Å². The van der Waals surface area contributed by atoms with Crippen molar-refractivity contribution < 1.29 is 0 Å². The fourth-order valence-electron chi connectivity index (χ4n) is 2.13. The Morgan fingerprint density at radius 3 is 3.00 bits per heavy atom. The van der Waals surface area contributed by atoms with E-state index in [9.17, 15) is 0 Å². The molecule has 0 aliphatic heterocycles. The number of para-hydroxylation sites is 1. The normalized spacial score (nSPS) is 11.3. The van der Waals surface area contributed by atoms with Crippen molar-refractivity contribution in [3.8, 4) is 0 Å². The second kappa shape index (κ2) is 4.79. The minimum absolute atomic E-state index is 0.672. The Morgan fingerprint density at radius 1 is 1.42 bits per heavy atom. The molecule has 3 rings (SSSR count). The molecule has 0 aliphatic carbocycles. The molecular formula is C12H12ClN5S. The molecule has 0 atom stereocenters. The van der Waals surface area contributed by atoms with E-state index in [-0.39, 0.29) is 0 Å². The first kappa shape index (κ1) is 12.4. The molecule has 1 N–H and O–H groups in total. The SMILES string of the molecule is Cn1cnnc1CCn1c(=S)[nH]c2cccc(Cl)c21. The summed E-state index contributed by atoms with van der Waals surface area (Å²) in [5.74, 6) is 0.920. The monoisotopic (exact) mass is 293 g/mol. The van der Waals surface area contributed by atoms with Crippen LogP contribution < -0.4 is 0 Å². The van der Waals surface area contributed by atoms with Crippen molar-refractivity contribution in [1.82, 2.24) is 24.3 Å². The van der Waals surface area contributed by atoms with Gasteiger partial charge in [-0.3, -0.25) is 0 Å². The first-order valence-corrected chi connectivity index (χ1v) is 6.65. The number of imidazole rings is 1. The van der Waals surface area contributed by atoms with Gasteiger partial charge in [-0.1, -0.05) is 17.7 Å². The molecule has 7 heteroatoms. The highest BCUT2D eigenvalue weighted by atomic mass is 35.5. The van der Waals surface area contributed by atoms with Crippen LogP contribution in [0.3, 0.4) is 0 Å². The molecule has 0 radical (unpaired) electrons. The maximum absolute atomic E-state index is 6.25. The smallest absolute Gasteiger partial charge is 0.178 e. The van der Waals surface area contributed by atoms with Gasteiger partial charge in [0.05, 0.1) is 16.1 Å².